The normalized spacial score (nSPS) is 15.0. The SMILES string of the molecule is CC(CN)N(C)CCOC(F)(F)F. The quantitative estimate of drug-likeness (QED) is 0.713. The van der Waals surface area contributed by atoms with E-state index in [4.69, 9.17) is 5.73 Å². The third-order valence-corrected chi connectivity index (χ3v) is 1.80. The number of hydrogen-bond donors (Lipinski definition) is 1. The number of hydrogen-bond acceptors (Lipinski definition) is 3. The largest absolute Gasteiger partial charge is 0.522 e. The van der Waals surface area contributed by atoms with E-state index in [1.54, 1.807) is 11.9 Å². The standard InChI is InChI=1S/C7H15F3N2O/c1-6(5-11)12(2)3-4-13-7(8,9)10/h6H,3-5,11H2,1-2H3. The Morgan fingerprint density at radius 1 is 1.46 bits per heavy atom. The molecule has 0 aliphatic heterocycles. The van der Waals surface area contributed by atoms with Gasteiger partial charge in [-0.3, -0.25) is 4.74 Å². The summed E-state index contributed by atoms with van der Waals surface area (Å²) in [6, 6.07) is 0.0665. The highest BCUT2D eigenvalue weighted by molar-refractivity contribution is 4.62. The monoisotopic (exact) mass is 200 g/mol. The molecule has 13 heavy (non-hydrogen) atoms. The lowest BCUT2D eigenvalue weighted by molar-refractivity contribution is -0.325. The Morgan fingerprint density at radius 3 is 2.38 bits per heavy atom. The van der Waals surface area contributed by atoms with E-state index < -0.39 is 6.36 Å². The molecule has 0 aromatic heterocycles. The van der Waals surface area contributed by atoms with Crippen molar-refractivity contribution in [1.82, 2.24) is 4.90 Å². The van der Waals surface area contributed by atoms with Gasteiger partial charge in [0, 0.05) is 19.1 Å². The van der Waals surface area contributed by atoms with Gasteiger partial charge in [-0.15, -0.1) is 13.2 Å². The van der Waals surface area contributed by atoms with Gasteiger partial charge in [-0.1, -0.05) is 0 Å². The van der Waals surface area contributed by atoms with Crippen LogP contribution in [0, 0.1) is 0 Å². The lowest BCUT2D eigenvalue weighted by Gasteiger charge is -2.23. The van der Waals surface area contributed by atoms with Crippen molar-refractivity contribution in [3.05, 3.63) is 0 Å². The average molecular weight is 200 g/mol. The smallest absolute Gasteiger partial charge is 0.329 e. The van der Waals surface area contributed by atoms with Crippen LogP contribution in [0.15, 0.2) is 0 Å². The van der Waals surface area contributed by atoms with E-state index in [9.17, 15) is 13.2 Å². The zero-order valence-corrected chi connectivity index (χ0v) is 7.77. The Bertz CT molecular complexity index is 140. The van der Waals surface area contributed by atoms with Crippen molar-refractivity contribution < 1.29 is 17.9 Å². The van der Waals surface area contributed by atoms with Crippen LogP contribution in [0.4, 0.5) is 13.2 Å². The molecule has 0 spiro atoms. The lowest BCUT2D eigenvalue weighted by atomic mass is 10.3. The minimum absolute atomic E-state index is 0.0665. The van der Waals surface area contributed by atoms with E-state index in [0.717, 1.165) is 0 Å². The summed E-state index contributed by atoms with van der Waals surface area (Å²) in [6.45, 7) is 2.12. The van der Waals surface area contributed by atoms with Crippen molar-refractivity contribution in [2.24, 2.45) is 5.73 Å². The summed E-state index contributed by atoms with van der Waals surface area (Å²) in [7, 11) is 1.71. The second-order valence-corrected chi connectivity index (χ2v) is 2.86. The van der Waals surface area contributed by atoms with Crippen molar-refractivity contribution in [1.29, 1.82) is 0 Å². The second kappa shape index (κ2) is 5.41. The fourth-order valence-electron chi connectivity index (χ4n) is 0.706. The first kappa shape index (κ1) is 12.7. The number of nitrogens with two attached hydrogens (primary N) is 1. The summed E-state index contributed by atoms with van der Waals surface area (Å²) in [4.78, 5) is 1.71. The molecule has 0 aromatic rings. The van der Waals surface area contributed by atoms with Gasteiger partial charge in [-0.2, -0.15) is 0 Å². The van der Waals surface area contributed by atoms with E-state index in [-0.39, 0.29) is 19.2 Å². The van der Waals surface area contributed by atoms with Gasteiger partial charge in [-0.25, -0.2) is 0 Å². The molecular weight excluding hydrogens is 185 g/mol. The zero-order chi connectivity index (χ0) is 10.5. The number of alkyl halides is 3. The maximum atomic E-state index is 11.5. The number of nitrogens with zero attached hydrogens (tertiary/aromatic N) is 1. The molecular formula is C7H15F3N2O. The first-order valence-electron chi connectivity index (χ1n) is 3.98. The van der Waals surface area contributed by atoms with Crippen LogP contribution in [0.2, 0.25) is 0 Å². The van der Waals surface area contributed by atoms with Crippen LogP contribution < -0.4 is 5.73 Å². The molecule has 0 saturated carbocycles. The number of ether oxygens (including phenoxy) is 1. The van der Waals surface area contributed by atoms with Crippen LogP contribution in [0.25, 0.3) is 0 Å². The van der Waals surface area contributed by atoms with Gasteiger partial charge in [-0.05, 0) is 14.0 Å². The molecule has 0 fully saturated rings. The molecule has 0 heterocycles. The predicted octanol–water partition coefficient (Wildman–Crippen LogP) is 0.802. The second-order valence-electron chi connectivity index (χ2n) is 2.86. The molecule has 0 aliphatic carbocycles. The first-order chi connectivity index (χ1) is 5.87. The maximum Gasteiger partial charge on any atom is 0.522 e. The summed E-state index contributed by atoms with van der Waals surface area (Å²) in [5.41, 5.74) is 5.33. The van der Waals surface area contributed by atoms with E-state index in [1.165, 1.54) is 0 Å². The fourth-order valence-corrected chi connectivity index (χ4v) is 0.706. The van der Waals surface area contributed by atoms with Crippen LogP contribution in [-0.2, 0) is 4.74 Å². The van der Waals surface area contributed by atoms with Gasteiger partial charge in [0.25, 0.3) is 0 Å². The van der Waals surface area contributed by atoms with Gasteiger partial charge in [0.1, 0.15) is 0 Å². The van der Waals surface area contributed by atoms with E-state index >= 15 is 0 Å². The van der Waals surface area contributed by atoms with E-state index in [2.05, 4.69) is 4.74 Å². The van der Waals surface area contributed by atoms with Crippen molar-refractivity contribution in [3.8, 4) is 0 Å². The Morgan fingerprint density at radius 2 is 2.00 bits per heavy atom. The maximum absolute atomic E-state index is 11.5. The van der Waals surface area contributed by atoms with Crippen LogP contribution >= 0.6 is 0 Å². The summed E-state index contributed by atoms with van der Waals surface area (Å²) in [5.74, 6) is 0. The summed E-state index contributed by atoms with van der Waals surface area (Å²) in [5, 5.41) is 0. The van der Waals surface area contributed by atoms with Crippen LogP contribution in [0.3, 0.4) is 0 Å². The van der Waals surface area contributed by atoms with Crippen molar-refractivity contribution in [2.75, 3.05) is 26.7 Å². The van der Waals surface area contributed by atoms with Crippen molar-refractivity contribution in [3.63, 3.8) is 0 Å². The topological polar surface area (TPSA) is 38.5 Å². The van der Waals surface area contributed by atoms with Crippen molar-refractivity contribution in [2.45, 2.75) is 19.3 Å². The fraction of sp³-hybridized carbons (Fsp3) is 1.00. The number of halogens is 3. The van der Waals surface area contributed by atoms with Crippen LogP contribution in [0.5, 0.6) is 0 Å². The molecule has 6 heteroatoms. The summed E-state index contributed by atoms with van der Waals surface area (Å²) >= 11 is 0. The highest BCUT2D eigenvalue weighted by Crippen LogP contribution is 2.15. The lowest BCUT2D eigenvalue weighted by Crippen LogP contribution is -2.38. The molecule has 0 saturated heterocycles. The molecule has 3 nitrogen and oxygen atoms in total. The number of rotatable bonds is 5. The van der Waals surface area contributed by atoms with Crippen LogP contribution in [0.1, 0.15) is 6.92 Å². The highest BCUT2D eigenvalue weighted by atomic mass is 19.4. The minimum Gasteiger partial charge on any atom is -0.329 e. The Balaban J connectivity index is 3.53. The van der Waals surface area contributed by atoms with Gasteiger partial charge in [0.2, 0.25) is 0 Å². The Kier molecular flexibility index (Phi) is 5.27. The van der Waals surface area contributed by atoms with Gasteiger partial charge < -0.3 is 10.6 Å². The molecule has 80 valence electrons. The molecule has 0 amide bonds. The van der Waals surface area contributed by atoms with E-state index in [1.807, 2.05) is 6.92 Å². The molecule has 0 aromatic carbocycles. The summed E-state index contributed by atoms with van der Waals surface area (Å²) < 4.78 is 38.2. The van der Waals surface area contributed by atoms with Gasteiger partial charge >= 0.3 is 6.36 Å². The molecule has 1 unspecified atom stereocenters. The molecule has 0 aliphatic rings. The zero-order valence-electron chi connectivity index (χ0n) is 7.77. The first-order valence-corrected chi connectivity index (χ1v) is 3.98. The highest BCUT2D eigenvalue weighted by Gasteiger charge is 2.28. The van der Waals surface area contributed by atoms with Crippen LogP contribution in [-0.4, -0.2) is 44.0 Å². The average Bonchev–Trinajstić information content (AvgIpc) is 2.00. The number of likely N-dealkylation sites (N-methyl/N-ethyl adjacent to an activating group) is 1. The predicted molar refractivity (Wildman–Crippen MR) is 43.2 cm³/mol. The van der Waals surface area contributed by atoms with Crippen molar-refractivity contribution >= 4 is 0 Å². The van der Waals surface area contributed by atoms with Gasteiger partial charge in [0.05, 0.1) is 6.61 Å². The Hall–Kier alpha value is -0.330. The molecule has 2 N–H and O–H groups in total. The molecule has 1 atom stereocenters. The third-order valence-electron chi connectivity index (χ3n) is 1.80. The minimum atomic E-state index is -4.53. The molecule has 0 rings (SSSR count). The third kappa shape index (κ3) is 6.80. The molecule has 0 radical (unpaired) electrons. The molecule has 0 bridgehead atoms. The summed E-state index contributed by atoms with van der Waals surface area (Å²) in [6.07, 6.45) is -4.53. The van der Waals surface area contributed by atoms with Gasteiger partial charge in [0.15, 0.2) is 0 Å². The Labute approximate surface area is 75.6 Å². The van der Waals surface area contributed by atoms with E-state index in [0.29, 0.717) is 6.54 Å².